The van der Waals surface area contributed by atoms with Crippen molar-refractivity contribution < 1.29 is 18.7 Å². The molecule has 3 nitrogen and oxygen atoms in total. The molecule has 1 aliphatic carbocycles. The van der Waals surface area contributed by atoms with Crippen LogP contribution in [0.5, 0.6) is 0 Å². The first-order chi connectivity index (χ1) is 9.06. The lowest BCUT2D eigenvalue weighted by molar-refractivity contribution is -0.131. The summed E-state index contributed by atoms with van der Waals surface area (Å²) in [5.41, 5.74) is 0.290. The van der Waals surface area contributed by atoms with Gasteiger partial charge >= 0.3 is 0 Å². The highest BCUT2D eigenvalue weighted by Gasteiger charge is 2.47. The fraction of sp³-hybridized carbons (Fsp3) is 0.500. The smallest absolute Gasteiger partial charge is 0.226 e. The summed E-state index contributed by atoms with van der Waals surface area (Å²) in [6.45, 7) is 0.905. The van der Waals surface area contributed by atoms with Crippen LogP contribution in [0.15, 0.2) is 18.2 Å². The molecular weight excluding hydrogens is 252 g/mol. The van der Waals surface area contributed by atoms with E-state index in [9.17, 15) is 18.7 Å². The number of aliphatic hydroxyl groups is 1. The molecule has 1 amide bonds. The van der Waals surface area contributed by atoms with E-state index in [-0.39, 0.29) is 23.3 Å². The van der Waals surface area contributed by atoms with Crippen molar-refractivity contribution in [1.82, 2.24) is 4.90 Å². The number of nitrogens with zero attached hydrogens (tertiary/aromatic N) is 1. The van der Waals surface area contributed by atoms with E-state index in [1.54, 1.807) is 4.90 Å². The Morgan fingerprint density at radius 3 is 2.84 bits per heavy atom. The molecule has 1 saturated heterocycles. The summed E-state index contributed by atoms with van der Waals surface area (Å²) in [7, 11) is 0. The second kappa shape index (κ2) is 4.56. The molecule has 5 heteroatoms. The zero-order valence-corrected chi connectivity index (χ0v) is 10.4. The predicted molar refractivity (Wildman–Crippen MR) is 64.4 cm³/mol. The van der Waals surface area contributed by atoms with E-state index in [1.807, 2.05) is 0 Å². The number of likely N-dealkylation sites (tertiary alicyclic amines) is 1. The number of aliphatic hydroxyl groups excluding tert-OH is 1. The first-order valence-corrected chi connectivity index (χ1v) is 6.48. The number of rotatable bonds is 2. The molecule has 1 heterocycles. The van der Waals surface area contributed by atoms with Crippen molar-refractivity contribution in [3.63, 3.8) is 0 Å². The van der Waals surface area contributed by atoms with Crippen LogP contribution in [-0.4, -0.2) is 35.1 Å². The van der Waals surface area contributed by atoms with E-state index < -0.39 is 17.7 Å². The Morgan fingerprint density at radius 1 is 1.37 bits per heavy atom. The zero-order chi connectivity index (χ0) is 13.6. The monoisotopic (exact) mass is 267 g/mol. The number of carbonyl (C=O) groups excluding carboxylic acids is 1. The molecule has 3 rings (SSSR count). The van der Waals surface area contributed by atoms with E-state index in [0.717, 1.165) is 12.1 Å². The van der Waals surface area contributed by atoms with Gasteiger partial charge in [-0.3, -0.25) is 4.79 Å². The largest absolute Gasteiger partial charge is 0.391 e. The highest BCUT2D eigenvalue weighted by molar-refractivity contribution is 5.83. The molecule has 19 heavy (non-hydrogen) atoms. The Kier molecular flexibility index (Phi) is 3.01. The quantitative estimate of drug-likeness (QED) is 0.885. The third kappa shape index (κ3) is 2.34. The second-order valence-corrected chi connectivity index (χ2v) is 5.34. The molecule has 1 aliphatic heterocycles. The molecule has 1 aromatic rings. The Hall–Kier alpha value is -1.49. The van der Waals surface area contributed by atoms with Crippen molar-refractivity contribution >= 4 is 5.91 Å². The lowest BCUT2D eigenvalue weighted by Crippen LogP contribution is -2.31. The Morgan fingerprint density at radius 2 is 2.16 bits per heavy atom. The van der Waals surface area contributed by atoms with Crippen LogP contribution in [0, 0.1) is 17.6 Å². The number of halogens is 2. The summed E-state index contributed by atoms with van der Waals surface area (Å²) in [6.07, 6.45) is 0.704. The average Bonchev–Trinajstić information content (AvgIpc) is 3.06. The molecule has 1 N–H and O–H groups in total. The van der Waals surface area contributed by atoms with Crippen LogP contribution in [0.3, 0.4) is 0 Å². The van der Waals surface area contributed by atoms with E-state index in [4.69, 9.17) is 0 Å². The molecule has 2 fully saturated rings. The number of benzene rings is 1. The molecule has 102 valence electrons. The molecule has 0 bridgehead atoms. The molecule has 0 spiro atoms. The third-order valence-corrected chi connectivity index (χ3v) is 3.94. The fourth-order valence-electron chi connectivity index (χ4n) is 2.79. The van der Waals surface area contributed by atoms with Crippen molar-refractivity contribution in [1.29, 1.82) is 0 Å². The fourth-order valence-corrected chi connectivity index (χ4v) is 2.79. The van der Waals surface area contributed by atoms with Crippen molar-refractivity contribution in [2.24, 2.45) is 5.92 Å². The van der Waals surface area contributed by atoms with Gasteiger partial charge in [0.2, 0.25) is 5.91 Å². The maximum absolute atomic E-state index is 13.6. The van der Waals surface area contributed by atoms with Crippen LogP contribution in [-0.2, 0) is 4.79 Å². The van der Waals surface area contributed by atoms with Gasteiger partial charge in [-0.25, -0.2) is 8.78 Å². The Balaban J connectivity index is 1.70. The van der Waals surface area contributed by atoms with Crippen LogP contribution in [0.4, 0.5) is 8.78 Å². The van der Waals surface area contributed by atoms with Crippen molar-refractivity contribution in [2.75, 3.05) is 13.1 Å². The van der Waals surface area contributed by atoms with Crippen LogP contribution in [0.1, 0.15) is 24.3 Å². The lowest BCUT2D eigenvalue weighted by atomic mass is 10.1. The summed E-state index contributed by atoms with van der Waals surface area (Å²) in [4.78, 5) is 13.7. The van der Waals surface area contributed by atoms with Gasteiger partial charge in [-0.1, -0.05) is 0 Å². The van der Waals surface area contributed by atoms with Gasteiger partial charge in [0.05, 0.1) is 6.10 Å². The maximum Gasteiger partial charge on any atom is 0.226 e. The number of carbonyl (C=O) groups is 1. The zero-order valence-electron chi connectivity index (χ0n) is 10.4. The average molecular weight is 267 g/mol. The number of β-amino-alcohol motifs (C(OH)–C–C–N with tert-alkyl or cyclic N) is 1. The Bertz CT molecular complexity index is 520. The SMILES string of the molecule is O=C(C1CC1c1cc(F)ccc1F)N1CC[C@@H](O)C1. The van der Waals surface area contributed by atoms with Gasteiger partial charge in [0.1, 0.15) is 11.6 Å². The molecule has 2 aliphatic rings. The van der Waals surface area contributed by atoms with Gasteiger partial charge in [0, 0.05) is 19.0 Å². The molecule has 2 unspecified atom stereocenters. The lowest BCUT2D eigenvalue weighted by Gasteiger charge is -2.15. The van der Waals surface area contributed by atoms with Gasteiger partial charge < -0.3 is 10.0 Å². The second-order valence-electron chi connectivity index (χ2n) is 5.34. The summed E-state index contributed by atoms with van der Waals surface area (Å²) in [5.74, 6) is -1.47. The first-order valence-electron chi connectivity index (χ1n) is 6.48. The highest BCUT2D eigenvalue weighted by atomic mass is 19.1. The summed E-state index contributed by atoms with van der Waals surface area (Å²) in [5, 5.41) is 9.41. The number of amides is 1. The van der Waals surface area contributed by atoms with Gasteiger partial charge in [0.25, 0.3) is 0 Å². The van der Waals surface area contributed by atoms with Crippen LogP contribution in [0.2, 0.25) is 0 Å². The number of hydrogen-bond acceptors (Lipinski definition) is 2. The Labute approximate surface area is 109 Å². The molecule has 1 aromatic carbocycles. The molecule has 1 saturated carbocycles. The van der Waals surface area contributed by atoms with Crippen LogP contribution >= 0.6 is 0 Å². The van der Waals surface area contributed by atoms with Crippen molar-refractivity contribution in [3.8, 4) is 0 Å². The first kappa shape index (κ1) is 12.5. The van der Waals surface area contributed by atoms with Gasteiger partial charge in [-0.2, -0.15) is 0 Å². The third-order valence-electron chi connectivity index (χ3n) is 3.94. The predicted octanol–water partition coefficient (Wildman–Crippen LogP) is 1.66. The number of hydrogen-bond donors (Lipinski definition) is 1. The van der Waals surface area contributed by atoms with Crippen molar-refractivity contribution in [2.45, 2.75) is 24.9 Å². The van der Waals surface area contributed by atoms with E-state index in [1.165, 1.54) is 6.07 Å². The van der Waals surface area contributed by atoms with Crippen LogP contribution < -0.4 is 0 Å². The summed E-state index contributed by atoms with van der Waals surface area (Å²) >= 11 is 0. The minimum Gasteiger partial charge on any atom is -0.391 e. The molecule has 0 aromatic heterocycles. The standard InChI is InChI=1S/C14H15F2NO2/c15-8-1-2-13(16)11(5-8)10-6-12(10)14(19)17-4-3-9(18)7-17/h1-2,5,9-10,12,18H,3-4,6-7H2/t9-,10?,12?/m1/s1. The summed E-state index contributed by atoms with van der Waals surface area (Å²) < 4.78 is 26.7. The van der Waals surface area contributed by atoms with Gasteiger partial charge in [0.15, 0.2) is 0 Å². The van der Waals surface area contributed by atoms with E-state index >= 15 is 0 Å². The topological polar surface area (TPSA) is 40.5 Å². The minimum absolute atomic E-state index is 0.0507. The molecule has 3 atom stereocenters. The molecule has 0 radical (unpaired) electrons. The normalized spacial score (nSPS) is 29.6. The van der Waals surface area contributed by atoms with Crippen LogP contribution in [0.25, 0.3) is 0 Å². The van der Waals surface area contributed by atoms with E-state index in [2.05, 4.69) is 0 Å². The van der Waals surface area contributed by atoms with Gasteiger partial charge in [-0.15, -0.1) is 0 Å². The summed E-state index contributed by atoms with van der Waals surface area (Å²) in [6, 6.07) is 3.35. The molecular formula is C14H15F2NO2. The van der Waals surface area contributed by atoms with E-state index in [0.29, 0.717) is 25.9 Å². The minimum atomic E-state index is -0.480. The maximum atomic E-state index is 13.6. The van der Waals surface area contributed by atoms with Crippen molar-refractivity contribution in [3.05, 3.63) is 35.4 Å². The van der Waals surface area contributed by atoms with Gasteiger partial charge in [-0.05, 0) is 42.5 Å². The highest BCUT2D eigenvalue weighted by Crippen LogP contribution is 2.49.